The fourth-order valence-electron chi connectivity index (χ4n) is 1.99. The van der Waals surface area contributed by atoms with E-state index in [1.54, 1.807) is 18.2 Å². The molecule has 1 N–H and O–H groups in total. The molecule has 0 aliphatic carbocycles. The first-order valence-electron chi connectivity index (χ1n) is 6.64. The molecule has 22 heavy (non-hydrogen) atoms. The van der Waals surface area contributed by atoms with Crippen molar-refractivity contribution in [2.45, 2.75) is 6.92 Å². The normalized spacial score (nSPS) is 16.0. The van der Waals surface area contributed by atoms with E-state index in [4.69, 9.17) is 9.47 Å². The molecule has 8 heteroatoms. The molecule has 2 rings (SSSR count). The van der Waals surface area contributed by atoms with Crippen molar-refractivity contribution in [1.29, 1.82) is 0 Å². The second kappa shape index (κ2) is 7.17. The fourth-order valence-corrected chi connectivity index (χ4v) is 2.93. The molecule has 0 spiro atoms. The fraction of sp³-hybridized carbons (Fsp3) is 0.357. The number of amides is 3. The van der Waals surface area contributed by atoms with Gasteiger partial charge in [0.15, 0.2) is 5.17 Å². The Hall–Kier alpha value is -2.22. The molecule has 0 atom stereocenters. The molecule has 7 nitrogen and oxygen atoms in total. The highest BCUT2D eigenvalue weighted by molar-refractivity contribution is 8.15. The monoisotopic (exact) mass is 323 g/mol. The summed E-state index contributed by atoms with van der Waals surface area (Å²) in [6.45, 7) is 2.32. The van der Waals surface area contributed by atoms with Gasteiger partial charge in [0.05, 0.1) is 20.0 Å². The summed E-state index contributed by atoms with van der Waals surface area (Å²) in [6, 6.07) is 4.58. The number of ether oxygens (including phenoxy) is 2. The molecule has 0 saturated carbocycles. The Balaban J connectivity index is 2.21. The number of carbonyl (C=O) groups excluding carboxylic acids is 2. The number of anilines is 1. The zero-order chi connectivity index (χ0) is 16.1. The number of urea groups is 1. The molecule has 1 aromatic rings. The summed E-state index contributed by atoms with van der Waals surface area (Å²) in [5.74, 6) is 1.19. The Kier molecular flexibility index (Phi) is 5.26. The third-order valence-electron chi connectivity index (χ3n) is 3.03. The van der Waals surface area contributed by atoms with Crippen LogP contribution < -0.4 is 14.8 Å². The molecule has 0 aromatic heterocycles. The van der Waals surface area contributed by atoms with Crippen LogP contribution in [0.1, 0.15) is 6.92 Å². The van der Waals surface area contributed by atoms with E-state index in [1.165, 1.54) is 30.9 Å². The minimum absolute atomic E-state index is 0.0473. The molecule has 1 saturated heterocycles. The molecule has 1 heterocycles. The third kappa shape index (κ3) is 3.33. The summed E-state index contributed by atoms with van der Waals surface area (Å²) in [5, 5.41) is 3.04. The number of thioether (sulfide) groups is 1. The number of nitrogens with one attached hydrogen (secondary N) is 1. The largest absolute Gasteiger partial charge is 0.494 e. The van der Waals surface area contributed by atoms with Crippen LogP contribution in [0.3, 0.4) is 0 Å². The number of nitrogens with zero attached hydrogens (tertiary/aromatic N) is 2. The minimum atomic E-state index is -0.585. The van der Waals surface area contributed by atoms with Gasteiger partial charge in [0.2, 0.25) is 5.91 Å². The van der Waals surface area contributed by atoms with Crippen LogP contribution >= 0.6 is 11.8 Å². The Bertz CT molecular complexity index is 596. The highest BCUT2D eigenvalue weighted by Crippen LogP contribution is 2.34. The van der Waals surface area contributed by atoms with Crippen molar-refractivity contribution >= 4 is 34.6 Å². The van der Waals surface area contributed by atoms with Gasteiger partial charge in [-0.3, -0.25) is 15.0 Å². The molecule has 118 valence electrons. The predicted octanol–water partition coefficient (Wildman–Crippen LogP) is 2.19. The summed E-state index contributed by atoms with van der Waals surface area (Å²) in [5.41, 5.74) is 0.402. The van der Waals surface area contributed by atoms with Gasteiger partial charge in [-0.2, -0.15) is 4.99 Å². The van der Waals surface area contributed by atoms with Crippen LogP contribution in [-0.4, -0.2) is 48.5 Å². The van der Waals surface area contributed by atoms with Gasteiger partial charge in [0.1, 0.15) is 17.2 Å². The van der Waals surface area contributed by atoms with Gasteiger partial charge in [-0.1, -0.05) is 17.8 Å². The lowest BCUT2D eigenvalue weighted by Crippen LogP contribution is -2.30. The molecule has 1 aromatic carbocycles. The molecular weight excluding hydrogens is 306 g/mol. The Morgan fingerprint density at radius 2 is 2.00 bits per heavy atom. The number of amidine groups is 1. The minimum Gasteiger partial charge on any atom is -0.494 e. The van der Waals surface area contributed by atoms with Gasteiger partial charge in [0.25, 0.3) is 0 Å². The lowest BCUT2D eigenvalue weighted by atomic mass is 10.2. The summed E-state index contributed by atoms with van der Waals surface area (Å²) < 4.78 is 10.4. The molecule has 1 aliphatic heterocycles. The van der Waals surface area contributed by atoms with Gasteiger partial charge in [0, 0.05) is 6.54 Å². The van der Waals surface area contributed by atoms with E-state index in [0.717, 1.165) is 0 Å². The maximum Gasteiger partial charge on any atom is 0.348 e. The number of methoxy groups -OCH3 is 2. The van der Waals surface area contributed by atoms with Crippen molar-refractivity contribution in [2.24, 2.45) is 4.99 Å². The van der Waals surface area contributed by atoms with E-state index in [9.17, 15) is 9.59 Å². The molecule has 1 aliphatic rings. The molecule has 0 radical (unpaired) electrons. The first-order chi connectivity index (χ1) is 10.6. The average molecular weight is 323 g/mol. The molecule has 1 fully saturated rings. The molecular formula is C14H17N3O4S. The second-order valence-electron chi connectivity index (χ2n) is 4.29. The van der Waals surface area contributed by atoms with Crippen molar-refractivity contribution in [3.63, 3.8) is 0 Å². The first kappa shape index (κ1) is 16.2. The smallest absolute Gasteiger partial charge is 0.348 e. The van der Waals surface area contributed by atoms with E-state index in [0.29, 0.717) is 34.7 Å². The Labute approximate surface area is 132 Å². The number of hydrogen-bond donors (Lipinski definition) is 1. The number of hydrogen-bond acceptors (Lipinski definition) is 5. The van der Waals surface area contributed by atoms with Gasteiger partial charge >= 0.3 is 6.03 Å². The summed E-state index contributed by atoms with van der Waals surface area (Å²) in [6.07, 6.45) is 0. The van der Waals surface area contributed by atoms with Crippen molar-refractivity contribution in [2.75, 3.05) is 31.8 Å². The standard InChI is InChI=1S/C14H17N3O4S/c1-4-17-11(18)8-22-14(17)16-13(19)15-12-9(20-2)6-5-7-10(12)21-3/h5-7H,4,8H2,1-3H3,(H,15,19)/b16-14-. The molecule has 0 unspecified atom stereocenters. The van der Waals surface area contributed by atoms with Gasteiger partial charge < -0.3 is 9.47 Å². The topological polar surface area (TPSA) is 80.2 Å². The lowest BCUT2D eigenvalue weighted by molar-refractivity contribution is -0.123. The van der Waals surface area contributed by atoms with Crippen LogP contribution in [0.5, 0.6) is 11.5 Å². The number of carbonyl (C=O) groups is 2. The molecule has 0 bridgehead atoms. The SMILES string of the molecule is CCN1C(=O)CS/C1=N\C(=O)Nc1c(OC)cccc1OC. The number of benzene rings is 1. The average Bonchev–Trinajstić information content (AvgIpc) is 2.87. The van der Waals surface area contributed by atoms with E-state index < -0.39 is 6.03 Å². The highest BCUT2D eigenvalue weighted by Gasteiger charge is 2.27. The maximum absolute atomic E-state index is 12.1. The Morgan fingerprint density at radius 3 is 2.55 bits per heavy atom. The van der Waals surface area contributed by atoms with Crippen LogP contribution in [0.25, 0.3) is 0 Å². The van der Waals surface area contributed by atoms with E-state index in [1.807, 2.05) is 6.92 Å². The van der Waals surface area contributed by atoms with E-state index in [2.05, 4.69) is 10.3 Å². The number of para-hydroxylation sites is 1. The zero-order valence-electron chi connectivity index (χ0n) is 12.6. The van der Waals surface area contributed by atoms with Crippen LogP contribution in [0.4, 0.5) is 10.5 Å². The lowest BCUT2D eigenvalue weighted by Gasteiger charge is -2.14. The summed E-state index contributed by atoms with van der Waals surface area (Å²) >= 11 is 1.25. The van der Waals surface area contributed by atoms with Crippen molar-refractivity contribution in [1.82, 2.24) is 4.90 Å². The second-order valence-corrected chi connectivity index (χ2v) is 5.23. The van der Waals surface area contributed by atoms with Crippen LogP contribution in [0.2, 0.25) is 0 Å². The predicted molar refractivity (Wildman–Crippen MR) is 85.8 cm³/mol. The van der Waals surface area contributed by atoms with Gasteiger partial charge in [-0.05, 0) is 19.1 Å². The first-order valence-corrected chi connectivity index (χ1v) is 7.63. The summed E-state index contributed by atoms with van der Waals surface area (Å²) in [7, 11) is 3.00. The van der Waals surface area contributed by atoms with Crippen LogP contribution in [-0.2, 0) is 4.79 Å². The van der Waals surface area contributed by atoms with Crippen molar-refractivity contribution in [3.05, 3.63) is 18.2 Å². The van der Waals surface area contributed by atoms with Gasteiger partial charge in [-0.25, -0.2) is 4.79 Å². The van der Waals surface area contributed by atoms with Crippen molar-refractivity contribution in [3.8, 4) is 11.5 Å². The highest BCUT2D eigenvalue weighted by atomic mass is 32.2. The van der Waals surface area contributed by atoms with Crippen molar-refractivity contribution < 1.29 is 19.1 Å². The summed E-state index contributed by atoms with van der Waals surface area (Å²) in [4.78, 5) is 29.1. The van der Waals surface area contributed by atoms with Crippen LogP contribution in [0, 0.1) is 0 Å². The van der Waals surface area contributed by atoms with Crippen LogP contribution in [0.15, 0.2) is 23.2 Å². The molecule has 3 amide bonds. The maximum atomic E-state index is 12.1. The quantitative estimate of drug-likeness (QED) is 0.918. The number of aliphatic imine (C=N–C) groups is 1. The number of rotatable bonds is 4. The third-order valence-corrected chi connectivity index (χ3v) is 3.99. The van der Waals surface area contributed by atoms with Gasteiger partial charge in [-0.15, -0.1) is 0 Å². The zero-order valence-corrected chi connectivity index (χ0v) is 13.4. The van der Waals surface area contributed by atoms with E-state index in [-0.39, 0.29) is 5.91 Å². The Morgan fingerprint density at radius 1 is 1.36 bits per heavy atom. The van der Waals surface area contributed by atoms with E-state index >= 15 is 0 Å².